The fourth-order valence-electron chi connectivity index (χ4n) is 2.04. The van der Waals surface area contributed by atoms with Crippen molar-refractivity contribution in [3.63, 3.8) is 0 Å². The Morgan fingerprint density at radius 2 is 2.06 bits per heavy atom. The molecule has 3 nitrogen and oxygen atoms in total. The van der Waals surface area contributed by atoms with Crippen LogP contribution in [-0.4, -0.2) is 10.2 Å². The standard InChI is InChI=1S/C13H17N3/c1-4-11-12(13(14)16-15-11)10-6-5-8(2)7-9(10)3/h5-7H,4H2,1-3H3,(H3,14,15,16). The summed E-state index contributed by atoms with van der Waals surface area (Å²) in [7, 11) is 0. The highest BCUT2D eigenvalue weighted by Crippen LogP contribution is 2.31. The van der Waals surface area contributed by atoms with E-state index in [0.29, 0.717) is 5.82 Å². The number of hydrogen-bond acceptors (Lipinski definition) is 2. The highest BCUT2D eigenvalue weighted by Gasteiger charge is 2.13. The van der Waals surface area contributed by atoms with E-state index < -0.39 is 0 Å². The highest BCUT2D eigenvalue weighted by atomic mass is 15.2. The van der Waals surface area contributed by atoms with E-state index in [4.69, 9.17) is 5.73 Å². The van der Waals surface area contributed by atoms with Crippen LogP contribution in [0.3, 0.4) is 0 Å². The molecule has 0 aliphatic heterocycles. The van der Waals surface area contributed by atoms with Gasteiger partial charge >= 0.3 is 0 Å². The Balaban J connectivity index is 2.62. The van der Waals surface area contributed by atoms with Crippen LogP contribution in [0.1, 0.15) is 23.7 Å². The molecule has 0 saturated carbocycles. The average molecular weight is 215 g/mol. The maximum Gasteiger partial charge on any atom is 0.153 e. The Morgan fingerprint density at radius 1 is 1.31 bits per heavy atom. The third-order valence-electron chi connectivity index (χ3n) is 2.87. The van der Waals surface area contributed by atoms with Gasteiger partial charge in [-0.15, -0.1) is 0 Å². The number of anilines is 1. The van der Waals surface area contributed by atoms with E-state index in [-0.39, 0.29) is 0 Å². The summed E-state index contributed by atoms with van der Waals surface area (Å²) < 4.78 is 0. The predicted molar refractivity (Wildman–Crippen MR) is 67.3 cm³/mol. The number of aryl methyl sites for hydroxylation is 3. The van der Waals surface area contributed by atoms with Gasteiger partial charge in [-0.1, -0.05) is 30.7 Å². The molecule has 1 aromatic heterocycles. The summed E-state index contributed by atoms with van der Waals surface area (Å²) in [6.45, 7) is 6.30. The quantitative estimate of drug-likeness (QED) is 0.809. The van der Waals surface area contributed by atoms with E-state index >= 15 is 0 Å². The lowest BCUT2D eigenvalue weighted by Gasteiger charge is -2.07. The van der Waals surface area contributed by atoms with Gasteiger partial charge in [0.05, 0.1) is 0 Å². The second-order valence-electron chi connectivity index (χ2n) is 4.13. The molecule has 0 fully saturated rings. The number of benzene rings is 1. The molecule has 2 aromatic rings. The minimum absolute atomic E-state index is 0.587. The number of nitrogen functional groups attached to an aromatic ring is 1. The van der Waals surface area contributed by atoms with Gasteiger partial charge in [-0.2, -0.15) is 5.10 Å². The summed E-state index contributed by atoms with van der Waals surface area (Å²) in [5, 5.41) is 7.07. The number of nitrogens with zero attached hydrogens (tertiary/aromatic N) is 1. The van der Waals surface area contributed by atoms with Crippen LogP contribution in [0.25, 0.3) is 11.1 Å². The summed E-state index contributed by atoms with van der Waals surface area (Å²) in [6.07, 6.45) is 0.910. The second kappa shape index (κ2) is 4.00. The first-order chi connectivity index (χ1) is 7.63. The van der Waals surface area contributed by atoms with Crippen molar-refractivity contribution in [2.75, 3.05) is 5.73 Å². The SMILES string of the molecule is CCc1[nH]nc(N)c1-c1ccc(C)cc1C. The lowest BCUT2D eigenvalue weighted by atomic mass is 9.98. The zero-order valence-corrected chi connectivity index (χ0v) is 9.96. The highest BCUT2D eigenvalue weighted by molar-refractivity contribution is 5.78. The lowest BCUT2D eigenvalue weighted by molar-refractivity contribution is 0.978. The molecule has 0 aliphatic rings. The third kappa shape index (κ3) is 1.69. The van der Waals surface area contributed by atoms with Crippen molar-refractivity contribution in [3.05, 3.63) is 35.0 Å². The number of H-pyrrole nitrogens is 1. The Morgan fingerprint density at radius 3 is 2.69 bits per heavy atom. The third-order valence-corrected chi connectivity index (χ3v) is 2.87. The van der Waals surface area contributed by atoms with E-state index in [9.17, 15) is 0 Å². The van der Waals surface area contributed by atoms with Gasteiger partial charge in [-0.3, -0.25) is 5.10 Å². The Bertz CT molecular complexity index is 512. The smallest absolute Gasteiger partial charge is 0.153 e. The van der Waals surface area contributed by atoms with Crippen LogP contribution in [0.5, 0.6) is 0 Å². The molecule has 0 spiro atoms. The largest absolute Gasteiger partial charge is 0.382 e. The number of nitrogens with two attached hydrogens (primary N) is 1. The molecule has 0 atom stereocenters. The van der Waals surface area contributed by atoms with Gasteiger partial charge in [-0.05, 0) is 31.4 Å². The van der Waals surface area contributed by atoms with Crippen molar-refractivity contribution >= 4 is 5.82 Å². The fourth-order valence-corrected chi connectivity index (χ4v) is 2.04. The van der Waals surface area contributed by atoms with Gasteiger partial charge in [0.15, 0.2) is 5.82 Å². The summed E-state index contributed by atoms with van der Waals surface area (Å²) in [4.78, 5) is 0. The molecule has 3 N–H and O–H groups in total. The summed E-state index contributed by atoms with van der Waals surface area (Å²) in [5.41, 5.74) is 11.7. The zero-order chi connectivity index (χ0) is 11.7. The van der Waals surface area contributed by atoms with Crippen molar-refractivity contribution in [3.8, 4) is 11.1 Å². The zero-order valence-electron chi connectivity index (χ0n) is 9.96. The molecular weight excluding hydrogens is 198 g/mol. The van der Waals surface area contributed by atoms with Gasteiger partial charge in [0.1, 0.15) is 0 Å². The Hall–Kier alpha value is -1.77. The van der Waals surface area contributed by atoms with Gasteiger partial charge < -0.3 is 5.73 Å². The van der Waals surface area contributed by atoms with Gasteiger partial charge in [0, 0.05) is 11.3 Å². The number of aromatic amines is 1. The van der Waals surface area contributed by atoms with Crippen LogP contribution in [0.15, 0.2) is 18.2 Å². The molecule has 16 heavy (non-hydrogen) atoms. The Kier molecular flexibility index (Phi) is 2.69. The van der Waals surface area contributed by atoms with Crippen molar-refractivity contribution in [1.82, 2.24) is 10.2 Å². The lowest BCUT2D eigenvalue weighted by Crippen LogP contribution is -1.92. The molecule has 0 saturated heterocycles. The molecule has 1 heterocycles. The molecule has 0 aliphatic carbocycles. The first kappa shape index (κ1) is 10.7. The normalized spacial score (nSPS) is 10.7. The minimum atomic E-state index is 0.587. The van der Waals surface area contributed by atoms with Crippen LogP contribution < -0.4 is 5.73 Å². The maximum atomic E-state index is 5.91. The molecule has 2 rings (SSSR count). The number of aromatic nitrogens is 2. The second-order valence-corrected chi connectivity index (χ2v) is 4.13. The summed E-state index contributed by atoms with van der Waals surface area (Å²) in [6, 6.07) is 6.39. The first-order valence-electron chi connectivity index (χ1n) is 5.53. The van der Waals surface area contributed by atoms with Crippen molar-refractivity contribution in [2.24, 2.45) is 0 Å². The fraction of sp³-hybridized carbons (Fsp3) is 0.308. The van der Waals surface area contributed by atoms with Crippen molar-refractivity contribution in [1.29, 1.82) is 0 Å². The molecular formula is C13H17N3. The molecule has 1 aromatic carbocycles. The van der Waals surface area contributed by atoms with Crippen LogP contribution in [-0.2, 0) is 6.42 Å². The number of hydrogen-bond donors (Lipinski definition) is 2. The van der Waals surface area contributed by atoms with Gasteiger partial charge in [0.25, 0.3) is 0 Å². The summed E-state index contributed by atoms with van der Waals surface area (Å²) >= 11 is 0. The van der Waals surface area contributed by atoms with Crippen LogP contribution in [0.2, 0.25) is 0 Å². The molecule has 0 bridgehead atoms. The minimum Gasteiger partial charge on any atom is -0.382 e. The molecule has 0 unspecified atom stereocenters. The molecule has 0 radical (unpaired) electrons. The van der Waals surface area contributed by atoms with Gasteiger partial charge in [0.2, 0.25) is 0 Å². The topological polar surface area (TPSA) is 54.7 Å². The average Bonchev–Trinajstić information content (AvgIpc) is 2.60. The maximum absolute atomic E-state index is 5.91. The van der Waals surface area contributed by atoms with Crippen LogP contribution >= 0.6 is 0 Å². The molecule has 84 valence electrons. The molecule has 3 heteroatoms. The van der Waals surface area contributed by atoms with E-state index in [1.54, 1.807) is 0 Å². The monoisotopic (exact) mass is 215 g/mol. The van der Waals surface area contributed by atoms with Gasteiger partial charge in [-0.25, -0.2) is 0 Å². The first-order valence-corrected chi connectivity index (χ1v) is 5.53. The van der Waals surface area contributed by atoms with E-state index in [1.165, 1.54) is 16.7 Å². The van der Waals surface area contributed by atoms with E-state index in [2.05, 4.69) is 49.2 Å². The van der Waals surface area contributed by atoms with Crippen LogP contribution in [0, 0.1) is 13.8 Å². The Labute approximate surface area is 95.7 Å². The number of nitrogens with one attached hydrogen (secondary N) is 1. The van der Waals surface area contributed by atoms with E-state index in [1.807, 2.05) is 0 Å². The van der Waals surface area contributed by atoms with Crippen molar-refractivity contribution in [2.45, 2.75) is 27.2 Å². The van der Waals surface area contributed by atoms with Crippen molar-refractivity contribution < 1.29 is 0 Å². The molecule has 0 amide bonds. The van der Waals surface area contributed by atoms with Crippen LogP contribution in [0.4, 0.5) is 5.82 Å². The summed E-state index contributed by atoms with van der Waals surface area (Å²) in [5.74, 6) is 0.587. The predicted octanol–water partition coefficient (Wildman–Crippen LogP) is 2.84. The van der Waals surface area contributed by atoms with E-state index in [0.717, 1.165) is 17.7 Å². The number of rotatable bonds is 2.